The van der Waals surface area contributed by atoms with Gasteiger partial charge in [0.15, 0.2) is 0 Å². The molecule has 1 aromatic rings. The van der Waals surface area contributed by atoms with Crippen molar-refractivity contribution in [3.63, 3.8) is 0 Å². The Bertz CT molecular complexity index is 311. The Balaban J connectivity index is 2.43. The molecule has 3 nitrogen and oxygen atoms in total. The second-order valence-electron chi connectivity index (χ2n) is 3.41. The number of hydrogen-bond donors (Lipinski definition) is 3. The minimum absolute atomic E-state index is 0.411. The smallest absolute Gasteiger partial charge is 0.110 e. The summed E-state index contributed by atoms with van der Waals surface area (Å²) in [4.78, 5) is 0. The molecular formula is C10H12O3. The van der Waals surface area contributed by atoms with Crippen LogP contribution in [0.3, 0.4) is 0 Å². The third kappa shape index (κ3) is 1.35. The van der Waals surface area contributed by atoms with E-state index in [9.17, 15) is 15.3 Å². The predicted molar refractivity (Wildman–Crippen MR) is 47.1 cm³/mol. The molecule has 1 aliphatic rings. The summed E-state index contributed by atoms with van der Waals surface area (Å²) in [5.74, 6) is 0. The molecule has 0 saturated carbocycles. The van der Waals surface area contributed by atoms with Crippen LogP contribution in [0.25, 0.3) is 0 Å². The summed E-state index contributed by atoms with van der Waals surface area (Å²) in [6.07, 6.45) is -2.46. The van der Waals surface area contributed by atoms with Crippen LogP contribution >= 0.6 is 0 Å². The number of fused-ring (bicyclic) bond motifs is 1. The first-order valence-electron chi connectivity index (χ1n) is 4.32. The van der Waals surface area contributed by atoms with E-state index in [0.717, 1.165) is 11.1 Å². The zero-order chi connectivity index (χ0) is 9.42. The highest BCUT2D eigenvalue weighted by Crippen LogP contribution is 2.29. The molecule has 0 bridgehead atoms. The van der Waals surface area contributed by atoms with Gasteiger partial charge in [0, 0.05) is 6.42 Å². The Morgan fingerprint density at radius 2 is 1.77 bits per heavy atom. The van der Waals surface area contributed by atoms with Gasteiger partial charge in [0.2, 0.25) is 0 Å². The van der Waals surface area contributed by atoms with Crippen molar-refractivity contribution in [1.82, 2.24) is 0 Å². The third-order valence-corrected chi connectivity index (χ3v) is 2.52. The molecule has 1 aromatic carbocycles. The summed E-state index contributed by atoms with van der Waals surface area (Å²) in [5, 5.41) is 28.4. The van der Waals surface area contributed by atoms with Crippen LogP contribution in [0.1, 0.15) is 17.2 Å². The van der Waals surface area contributed by atoms with Crippen LogP contribution in [0.5, 0.6) is 0 Å². The molecule has 0 amide bonds. The van der Waals surface area contributed by atoms with Crippen LogP contribution in [0.4, 0.5) is 0 Å². The molecule has 0 aliphatic heterocycles. The predicted octanol–water partition coefficient (Wildman–Crippen LogP) is -0.00210. The Labute approximate surface area is 76.3 Å². The lowest BCUT2D eigenvalue weighted by Crippen LogP contribution is -2.38. The van der Waals surface area contributed by atoms with Crippen molar-refractivity contribution < 1.29 is 15.3 Å². The van der Waals surface area contributed by atoms with E-state index in [-0.39, 0.29) is 0 Å². The van der Waals surface area contributed by atoms with E-state index >= 15 is 0 Å². The number of aliphatic hydroxyl groups excluding tert-OH is 3. The van der Waals surface area contributed by atoms with Gasteiger partial charge in [0.05, 0.1) is 6.10 Å². The van der Waals surface area contributed by atoms with E-state index in [1.54, 1.807) is 6.07 Å². The lowest BCUT2D eigenvalue weighted by atomic mass is 9.86. The highest BCUT2D eigenvalue weighted by molar-refractivity contribution is 5.33. The van der Waals surface area contributed by atoms with Gasteiger partial charge in [-0.2, -0.15) is 0 Å². The van der Waals surface area contributed by atoms with Crippen LogP contribution < -0.4 is 0 Å². The number of aliphatic hydroxyl groups is 3. The van der Waals surface area contributed by atoms with E-state index in [1.165, 1.54) is 0 Å². The standard InChI is InChI=1S/C10H12O3/c11-8-5-6-3-1-2-4-7(6)9(12)10(8)13/h1-4,8-13H,5H2/t8-,9-,10+/m1/s1. The molecule has 1 aliphatic carbocycles. The van der Waals surface area contributed by atoms with Crippen molar-refractivity contribution in [2.75, 3.05) is 0 Å². The molecule has 70 valence electrons. The van der Waals surface area contributed by atoms with Crippen LogP contribution in [0.2, 0.25) is 0 Å². The van der Waals surface area contributed by atoms with Crippen LogP contribution in [0.15, 0.2) is 24.3 Å². The molecule has 0 aromatic heterocycles. The zero-order valence-electron chi connectivity index (χ0n) is 7.09. The Hall–Kier alpha value is -0.900. The van der Waals surface area contributed by atoms with E-state index in [0.29, 0.717) is 6.42 Å². The summed E-state index contributed by atoms with van der Waals surface area (Å²) >= 11 is 0. The first kappa shape index (κ1) is 8.69. The lowest BCUT2D eigenvalue weighted by molar-refractivity contribution is -0.0685. The molecule has 3 heteroatoms. The van der Waals surface area contributed by atoms with Crippen molar-refractivity contribution >= 4 is 0 Å². The van der Waals surface area contributed by atoms with Gasteiger partial charge in [-0.3, -0.25) is 0 Å². The minimum atomic E-state index is -1.06. The number of rotatable bonds is 0. The number of benzene rings is 1. The summed E-state index contributed by atoms with van der Waals surface area (Å²) in [6, 6.07) is 7.30. The summed E-state index contributed by atoms with van der Waals surface area (Å²) in [6.45, 7) is 0. The van der Waals surface area contributed by atoms with Crippen molar-refractivity contribution in [3.8, 4) is 0 Å². The van der Waals surface area contributed by atoms with Gasteiger partial charge in [-0.05, 0) is 11.1 Å². The van der Waals surface area contributed by atoms with Crippen molar-refractivity contribution in [2.45, 2.75) is 24.7 Å². The fourth-order valence-electron chi connectivity index (χ4n) is 1.75. The van der Waals surface area contributed by atoms with Gasteiger partial charge in [-0.1, -0.05) is 24.3 Å². The van der Waals surface area contributed by atoms with E-state index in [1.807, 2.05) is 18.2 Å². The Morgan fingerprint density at radius 3 is 2.54 bits per heavy atom. The number of hydrogen-bond acceptors (Lipinski definition) is 3. The van der Waals surface area contributed by atoms with Gasteiger partial charge in [0.25, 0.3) is 0 Å². The van der Waals surface area contributed by atoms with E-state index < -0.39 is 18.3 Å². The van der Waals surface area contributed by atoms with Gasteiger partial charge >= 0.3 is 0 Å². The monoisotopic (exact) mass is 180 g/mol. The average Bonchev–Trinajstić information content (AvgIpc) is 2.15. The normalized spacial score (nSPS) is 32.7. The maximum Gasteiger partial charge on any atom is 0.110 e. The molecule has 2 rings (SSSR count). The minimum Gasteiger partial charge on any atom is -0.390 e. The van der Waals surface area contributed by atoms with Gasteiger partial charge in [0.1, 0.15) is 12.2 Å². The molecule has 3 atom stereocenters. The second kappa shape index (κ2) is 3.10. The average molecular weight is 180 g/mol. The third-order valence-electron chi connectivity index (χ3n) is 2.52. The second-order valence-corrected chi connectivity index (χ2v) is 3.41. The lowest BCUT2D eigenvalue weighted by Gasteiger charge is -2.30. The summed E-state index contributed by atoms with van der Waals surface area (Å²) in [7, 11) is 0. The molecule has 0 saturated heterocycles. The van der Waals surface area contributed by atoms with Crippen LogP contribution in [0, 0.1) is 0 Å². The maximum atomic E-state index is 9.59. The van der Waals surface area contributed by atoms with Gasteiger partial charge in [-0.25, -0.2) is 0 Å². The van der Waals surface area contributed by atoms with Crippen LogP contribution in [-0.4, -0.2) is 27.5 Å². The zero-order valence-corrected chi connectivity index (χ0v) is 7.09. The van der Waals surface area contributed by atoms with E-state index in [2.05, 4.69) is 0 Å². The molecule has 0 radical (unpaired) electrons. The van der Waals surface area contributed by atoms with Crippen LogP contribution in [-0.2, 0) is 6.42 Å². The molecule has 0 fully saturated rings. The molecule has 0 spiro atoms. The molecule has 3 N–H and O–H groups in total. The molecular weight excluding hydrogens is 168 g/mol. The SMILES string of the molecule is O[C@H]1[C@H](O)Cc2ccccc2[C@H]1O. The quantitative estimate of drug-likeness (QED) is 0.526. The van der Waals surface area contributed by atoms with Gasteiger partial charge < -0.3 is 15.3 Å². The molecule has 0 unspecified atom stereocenters. The van der Waals surface area contributed by atoms with Crippen molar-refractivity contribution in [2.24, 2.45) is 0 Å². The fraction of sp³-hybridized carbons (Fsp3) is 0.400. The first-order chi connectivity index (χ1) is 6.20. The fourth-order valence-corrected chi connectivity index (χ4v) is 1.75. The highest BCUT2D eigenvalue weighted by atomic mass is 16.4. The maximum absolute atomic E-state index is 9.59. The van der Waals surface area contributed by atoms with Gasteiger partial charge in [-0.15, -0.1) is 0 Å². The van der Waals surface area contributed by atoms with Crippen molar-refractivity contribution in [1.29, 1.82) is 0 Å². The summed E-state index contributed by atoms with van der Waals surface area (Å²) in [5.41, 5.74) is 1.63. The van der Waals surface area contributed by atoms with E-state index in [4.69, 9.17) is 0 Å². The summed E-state index contributed by atoms with van der Waals surface area (Å²) < 4.78 is 0. The Morgan fingerprint density at radius 1 is 1.08 bits per heavy atom. The first-order valence-corrected chi connectivity index (χ1v) is 4.32. The topological polar surface area (TPSA) is 60.7 Å². The largest absolute Gasteiger partial charge is 0.390 e. The highest BCUT2D eigenvalue weighted by Gasteiger charge is 2.32. The van der Waals surface area contributed by atoms with Crippen molar-refractivity contribution in [3.05, 3.63) is 35.4 Å². The molecule has 13 heavy (non-hydrogen) atoms. The molecule has 0 heterocycles. The Kier molecular flexibility index (Phi) is 2.07.